The number of benzene rings is 2. The summed E-state index contributed by atoms with van der Waals surface area (Å²) in [4.78, 5) is 0.231. The lowest BCUT2D eigenvalue weighted by Crippen LogP contribution is -2.14. The van der Waals surface area contributed by atoms with Gasteiger partial charge in [0.25, 0.3) is 0 Å². The average molecular weight is 867 g/mol. The highest BCUT2D eigenvalue weighted by molar-refractivity contribution is 7.91. The minimum atomic E-state index is -3.87. The van der Waals surface area contributed by atoms with Gasteiger partial charge in [0.2, 0.25) is 9.84 Å². The van der Waals surface area contributed by atoms with Crippen LogP contribution in [0.15, 0.2) is 52.3 Å². The second-order valence-electron chi connectivity index (χ2n) is 12.1. The van der Waals surface area contributed by atoms with Crippen LogP contribution in [0.3, 0.4) is 0 Å². The molecule has 19 heteroatoms. The Hall–Kier alpha value is -2.57. The lowest BCUT2D eigenvalue weighted by atomic mass is 10.1. The van der Waals surface area contributed by atoms with E-state index < -0.39 is 9.84 Å². The van der Waals surface area contributed by atoms with Crippen LogP contribution in [-0.4, -0.2) is 202 Å². The molecule has 0 fully saturated rings. The van der Waals surface area contributed by atoms with E-state index in [1.54, 1.807) is 24.3 Å². The van der Waals surface area contributed by atoms with E-state index in [1.165, 1.54) is 18.2 Å². The van der Waals surface area contributed by atoms with E-state index in [9.17, 15) is 8.42 Å². The van der Waals surface area contributed by atoms with E-state index in [1.807, 2.05) is 0 Å². The highest BCUT2D eigenvalue weighted by Crippen LogP contribution is 2.28. The van der Waals surface area contributed by atoms with Crippen LogP contribution in [0.25, 0.3) is 0 Å². The van der Waals surface area contributed by atoms with Gasteiger partial charge in [0.1, 0.15) is 24.7 Å². The van der Waals surface area contributed by atoms with Gasteiger partial charge in [-0.1, -0.05) is 0 Å². The normalized spacial score (nSPS) is 11.7. The summed E-state index contributed by atoms with van der Waals surface area (Å²) in [5.74, 6) is 1.03. The molecule has 59 heavy (non-hydrogen) atoms. The first kappa shape index (κ1) is 52.6. The molecule has 2 aromatic carbocycles. The predicted octanol–water partition coefficient (Wildman–Crippen LogP) is 0.979. The molecular weight excluding hydrogens is 800 g/mol. The zero-order valence-electron chi connectivity index (χ0n) is 34.2. The summed E-state index contributed by atoms with van der Waals surface area (Å²) in [7, 11) is -3.87. The summed E-state index contributed by atoms with van der Waals surface area (Å²) < 4.78 is 98.5. The molecule has 0 unspecified atom stereocenters. The highest BCUT2D eigenvalue weighted by Gasteiger charge is 2.20. The van der Waals surface area contributed by atoms with Gasteiger partial charge in [-0.05, 0) is 54.4 Å². The average Bonchev–Trinajstić information content (AvgIpc) is 3.25. The summed E-state index contributed by atoms with van der Waals surface area (Å²) in [6.07, 6.45) is 0.389. The van der Waals surface area contributed by atoms with Crippen LogP contribution in [0.4, 0.5) is 0 Å². The Morgan fingerprint density at radius 3 is 1.07 bits per heavy atom. The van der Waals surface area contributed by atoms with Gasteiger partial charge in [-0.25, -0.2) is 8.42 Å². The summed E-state index contributed by atoms with van der Waals surface area (Å²) in [6.45, 7) is 8.66. The van der Waals surface area contributed by atoms with Gasteiger partial charge in [0.15, 0.2) is 0 Å². The number of ether oxygens (including phenoxy) is 13. The van der Waals surface area contributed by atoms with Crippen molar-refractivity contribution in [1.29, 1.82) is 0 Å². The highest BCUT2D eigenvalue weighted by atomic mass is 32.2. The van der Waals surface area contributed by atoms with Crippen molar-refractivity contribution in [2.45, 2.75) is 16.2 Å². The van der Waals surface area contributed by atoms with Gasteiger partial charge >= 0.3 is 0 Å². The van der Waals surface area contributed by atoms with Crippen molar-refractivity contribution < 1.29 is 85.3 Å². The van der Waals surface area contributed by atoms with Crippen molar-refractivity contribution in [3.8, 4) is 11.5 Å². The third-order valence-electron chi connectivity index (χ3n) is 7.66. The lowest BCUT2D eigenvalue weighted by molar-refractivity contribution is -0.00783. The van der Waals surface area contributed by atoms with Gasteiger partial charge < -0.3 is 76.9 Å². The van der Waals surface area contributed by atoms with Crippen molar-refractivity contribution in [1.82, 2.24) is 0 Å². The SMILES string of the molecule is O=S(=O)(c1ccc(OCCOCCOCCOCCOCCO)cc1)c1ccc(OCCOCCOCCOCCOCCO)c(CCOCCOCCOCCO)c1. The quantitative estimate of drug-likeness (QED) is 0.0793. The molecule has 2 rings (SSSR count). The van der Waals surface area contributed by atoms with E-state index >= 15 is 0 Å². The molecule has 0 spiro atoms. The second kappa shape index (κ2) is 37.2. The number of hydrogen-bond donors (Lipinski definition) is 3. The molecule has 2 aromatic rings. The standard InChI is InChI=1S/C40H66O18S/c41-8-12-47-16-20-50-19-15-46-11-7-36-35-39(5-6-40(36)58-34-32-56-30-28-54-26-24-52-22-18-49-14-10-43)59(44,45)38-3-1-37(2-4-38)57-33-31-55-29-27-53-25-23-51-21-17-48-13-9-42/h1-6,35,41-43H,7-34H2. The zero-order valence-corrected chi connectivity index (χ0v) is 35.0. The molecular formula is C40H66O18S. The fourth-order valence-electron chi connectivity index (χ4n) is 4.78. The van der Waals surface area contributed by atoms with Gasteiger partial charge in [0.05, 0.1) is 175 Å². The summed E-state index contributed by atoms with van der Waals surface area (Å²) >= 11 is 0. The Labute approximate surface area is 348 Å². The van der Waals surface area contributed by atoms with E-state index in [2.05, 4.69) is 0 Å². The first-order valence-electron chi connectivity index (χ1n) is 19.9. The molecule has 0 atom stereocenters. The second-order valence-corrected chi connectivity index (χ2v) is 14.0. The third kappa shape index (κ3) is 27.1. The van der Waals surface area contributed by atoms with Crippen molar-refractivity contribution in [2.24, 2.45) is 0 Å². The van der Waals surface area contributed by atoms with Crippen molar-refractivity contribution >= 4 is 9.84 Å². The maximum atomic E-state index is 13.7. The molecule has 0 heterocycles. The Balaban J connectivity index is 1.79. The van der Waals surface area contributed by atoms with Crippen molar-refractivity contribution in [2.75, 3.05) is 178 Å². The molecule has 0 saturated heterocycles. The molecule has 0 aliphatic carbocycles. The van der Waals surface area contributed by atoms with Crippen LogP contribution < -0.4 is 9.47 Å². The van der Waals surface area contributed by atoms with Gasteiger partial charge in [-0.3, -0.25) is 0 Å². The Bertz CT molecular complexity index is 1350. The monoisotopic (exact) mass is 866 g/mol. The van der Waals surface area contributed by atoms with Crippen LogP contribution in [0.2, 0.25) is 0 Å². The Morgan fingerprint density at radius 2 is 0.678 bits per heavy atom. The topological polar surface area (TPSA) is 215 Å². The van der Waals surface area contributed by atoms with Crippen molar-refractivity contribution in [3.63, 3.8) is 0 Å². The number of rotatable bonds is 43. The third-order valence-corrected chi connectivity index (χ3v) is 9.42. The maximum absolute atomic E-state index is 13.7. The smallest absolute Gasteiger partial charge is 0.206 e. The molecule has 0 amide bonds. The molecule has 0 aromatic heterocycles. The minimum absolute atomic E-state index is 0.0102. The van der Waals surface area contributed by atoms with Crippen LogP contribution >= 0.6 is 0 Å². The first-order valence-corrected chi connectivity index (χ1v) is 21.4. The van der Waals surface area contributed by atoms with Crippen molar-refractivity contribution in [3.05, 3.63) is 48.0 Å². The van der Waals surface area contributed by atoms with Crippen LogP contribution in [0.5, 0.6) is 11.5 Å². The largest absolute Gasteiger partial charge is 0.491 e. The molecule has 3 N–H and O–H groups in total. The Morgan fingerprint density at radius 1 is 0.356 bits per heavy atom. The number of hydrogen-bond acceptors (Lipinski definition) is 18. The van der Waals surface area contributed by atoms with E-state index in [0.29, 0.717) is 162 Å². The molecule has 0 saturated carbocycles. The number of aliphatic hydroxyl groups excluding tert-OH is 3. The van der Waals surface area contributed by atoms with Gasteiger partial charge in [-0.15, -0.1) is 0 Å². The summed E-state index contributed by atoms with van der Waals surface area (Å²) in [5.41, 5.74) is 0.661. The predicted molar refractivity (Wildman–Crippen MR) is 213 cm³/mol. The lowest BCUT2D eigenvalue weighted by Gasteiger charge is -2.15. The van der Waals surface area contributed by atoms with Gasteiger partial charge in [-0.2, -0.15) is 0 Å². The van der Waals surface area contributed by atoms with Crippen LogP contribution in [0, 0.1) is 0 Å². The van der Waals surface area contributed by atoms with Crippen LogP contribution in [0.1, 0.15) is 5.56 Å². The number of aliphatic hydroxyl groups is 3. The fourth-order valence-corrected chi connectivity index (χ4v) is 6.09. The summed E-state index contributed by atoms with van der Waals surface area (Å²) in [6, 6.07) is 11.0. The molecule has 18 nitrogen and oxygen atoms in total. The molecule has 340 valence electrons. The number of sulfone groups is 1. The van der Waals surface area contributed by atoms with E-state index in [-0.39, 0.29) is 49.4 Å². The van der Waals surface area contributed by atoms with E-state index in [0.717, 1.165) is 0 Å². The minimum Gasteiger partial charge on any atom is -0.491 e. The van der Waals surface area contributed by atoms with E-state index in [4.69, 9.17) is 76.9 Å². The molecule has 0 bridgehead atoms. The zero-order chi connectivity index (χ0) is 42.3. The van der Waals surface area contributed by atoms with Crippen LogP contribution in [-0.2, 0) is 68.4 Å². The summed E-state index contributed by atoms with van der Waals surface area (Å²) in [5, 5.41) is 26.1. The molecule has 0 aliphatic rings. The van der Waals surface area contributed by atoms with Gasteiger partial charge in [0, 0.05) is 0 Å². The fraction of sp³-hybridized carbons (Fsp3) is 0.700. The Kier molecular flexibility index (Phi) is 33.2. The first-order chi connectivity index (χ1) is 29.0. The molecule has 0 radical (unpaired) electrons. The maximum Gasteiger partial charge on any atom is 0.206 e. The molecule has 0 aliphatic heterocycles.